The van der Waals surface area contributed by atoms with Crippen LogP contribution in [0.15, 0.2) is 18.2 Å². The minimum Gasteiger partial charge on any atom is -0.300 e. The van der Waals surface area contributed by atoms with Crippen molar-refractivity contribution < 1.29 is 9.18 Å². The molecule has 0 unspecified atom stereocenters. The zero-order chi connectivity index (χ0) is 13.1. The summed E-state index contributed by atoms with van der Waals surface area (Å²) in [5.74, 6) is 0.362. The largest absolute Gasteiger partial charge is 0.300 e. The van der Waals surface area contributed by atoms with Gasteiger partial charge in [-0.2, -0.15) is 0 Å². The number of carbonyl (C=O) groups excluding carboxylic acids is 1. The Morgan fingerprint density at radius 1 is 1.39 bits per heavy atom. The SMILES string of the molecule is CC(=O)C1CCN(Cc2cc(F)ccc2C)CC1. The van der Waals surface area contributed by atoms with Gasteiger partial charge in [0.15, 0.2) is 0 Å². The van der Waals surface area contributed by atoms with Crippen molar-refractivity contribution >= 4 is 5.78 Å². The standard InChI is InChI=1S/C15H20FNO/c1-11-3-4-15(16)9-14(11)10-17-7-5-13(6-8-17)12(2)18/h3-4,9,13H,5-8,10H2,1-2H3. The van der Waals surface area contributed by atoms with Crippen LogP contribution in [0.3, 0.4) is 0 Å². The number of carbonyl (C=O) groups is 1. The zero-order valence-corrected chi connectivity index (χ0v) is 11.1. The second-order valence-electron chi connectivity index (χ2n) is 5.23. The Labute approximate surface area is 108 Å². The van der Waals surface area contributed by atoms with E-state index in [0.717, 1.165) is 43.6 Å². The highest BCUT2D eigenvalue weighted by Gasteiger charge is 2.22. The third kappa shape index (κ3) is 3.16. The number of nitrogens with zero attached hydrogens (tertiary/aromatic N) is 1. The molecule has 1 aliphatic heterocycles. The second-order valence-corrected chi connectivity index (χ2v) is 5.23. The van der Waals surface area contributed by atoms with Crippen LogP contribution >= 0.6 is 0 Å². The van der Waals surface area contributed by atoms with Crippen molar-refractivity contribution in [3.8, 4) is 0 Å². The van der Waals surface area contributed by atoms with E-state index in [9.17, 15) is 9.18 Å². The van der Waals surface area contributed by atoms with Crippen molar-refractivity contribution in [1.29, 1.82) is 0 Å². The average molecular weight is 249 g/mol. The molecule has 98 valence electrons. The molecule has 0 spiro atoms. The molecule has 1 heterocycles. The van der Waals surface area contributed by atoms with E-state index >= 15 is 0 Å². The highest BCUT2D eigenvalue weighted by molar-refractivity contribution is 5.78. The molecule has 1 aromatic rings. The summed E-state index contributed by atoms with van der Waals surface area (Å²) in [7, 11) is 0. The van der Waals surface area contributed by atoms with Gasteiger partial charge in [0.1, 0.15) is 11.6 Å². The quantitative estimate of drug-likeness (QED) is 0.821. The molecule has 1 aromatic carbocycles. The number of benzene rings is 1. The van der Waals surface area contributed by atoms with E-state index in [2.05, 4.69) is 4.90 Å². The van der Waals surface area contributed by atoms with E-state index in [1.807, 2.05) is 13.0 Å². The fraction of sp³-hybridized carbons (Fsp3) is 0.533. The van der Waals surface area contributed by atoms with Crippen molar-refractivity contribution in [2.45, 2.75) is 33.2 Å². The van der Waals surface area contributed by atoms with E-state index < -0.39 is 0 Å². The molecule has 18 heavy (non-hydrogen) atoms. The molecule has 2 nitrogen and oxygen atoms in total. The summed E-state index contributed by atoms with van der Waals surface area (Å²) in [4.78, 5) is 13.6. The molecular weight excluding hydrogens is 229 g/mol. The zero-order valence-electron chi connectivity index (χ0n) is 11.1. The number of ketones is 1. The molecule has 1 aliphatic rings. The first-order chi connectivity index (χ1) is 8.56. The smallest absolute Gasteiger partial charge is 0.133 e. The number of Topliss-reactive ketones (excluding diaryl/α,β-unsaturated/α-hetero) is 1. The predicted molar refractivity (Wildman–Crippen MR) is 69.8 cm³/mol. The molecule has 0 bridgehead atoms. The van der Waals surface area contributed by atoms with Crippen molar-refractivity contribution in [3.05, 3.63) is 35.1 Å². The Morgan fingerprint density at radius 3 is 2.67 bits per heavy atom. The van der Waals surface area contributed by atoms with E-state index in [0.29, 0.717) is 5.78 Å². The number of hydrogen-bond acceptors (Lipinski definition) is 2. The van der Waals surface area contributed by atoms with Crippen LogP contribution in [0.1, 0.15) is 30.9 Å². The maximum atomic E-state index is 13.2. The molecule has 3 heteroatoms. The van der Waals surface area contributed by atoms with Gasteiger partial charge in [-0.3, -0.25) is 9.69 Å². The summed E-state index contributed by atoms with van der Waals surface area (Å²) in [6.45, 7) is 6.34. The van der Waals surface area contributed by atoms with Crippen molar-refractivity contribution in [3.63, 3.8) is 0 Å². The fourth-order valence-electron chi connectivity index (χ4n) is 2.55. The number of likely N-dealkylation sites (tertiary alicyclic amines) is 1. The normalized spacial score (nSPS) is 17.9. The van der Waals surface area contributed by atoms with Gasteiger partial charge in [-0.1, -0.05) is 6.07 Å². The summed E-state index contributed by atoms with van der Waals surface area (Å²) < 4.78 is 13.2. The Bertz CT molecular complexity index is 436. The monoisotopic (exact) mass is 249 g/mol. The Balaban J connectivity index is 1.95. The molecule has 1 fully saturated rings. The molecule has 0 atom stereocenters. The molecule has 2 rings (SSSR count). The molecule has 0 amide bonds. The van der Waals surface area contributed by atoms with Gasteiger partial charge >= 0.3 is 0 Å². The van der Waals surface area contributed by atoms with Crippen molar-refractivity contribution in [2.24, 2.45) is 5.92 Å². The summed E-state index contributed by atoms with van der Waals surface area (Å²) >= 11 is 0. The third-order valence-corrected chi connectivity index (χ3v) is 3.87. The lowest BCUT2D eigenvalue weighted by Crippen LogP contribution is -2.35. The van der Waals surface area contributed by atoms with E-state index in [4.69, 9.17) is 0 Å². The van der Waals surface area contributed by atoms with E-state index in [-0.39, 0.29) is 11.7 Å². The van der Waals surface area contributed by atoms with Crippen LogP contribution in [0.5, 0.6) is 0 Å². The van der Waals surface area contributed by atoms with E-state index in [1.165, 1.54) is 6.07 Å². The number of rotatable bonds is 3. The minimum absolute atomic E-state index is 0.172. The molecule has 0 N–H and O–H groups in total. The van der Waals surface area contributed by atoms with Crippen molar-refractivity contribution in [2.75, 3.05) is 13.1 Å². The van der Waals surface area contributed by atoms with Crippen LogP contribution in [0.25, 0.3) is 0 Å². The summed E-state index contributed by atoms with van der Waals surface area (Å²) in [6, 6.07) is 4.94. The summed E-state index contributed by atoms with van der Waals surface area (Å²) in [5, 5.41) is 0. The topological polar surface area (TPSA) is 20.3 Å². The van der Waals surface area contributed by atoms with Gasteiger partial charge in [-0.05, 0) is 63.0 Å². The molecule has 0 radical (unpaired) electrons. The van der Waals surface area contributed by atoms with Crippen LogP contribution in [-0.4, -0.2) is 23.8 Å². The molecule has 0 saturated carbocycles. The number of hydrogen-bond donors (Lipinski definition) is 0. The Morgan fingerprint density at radius 2 is 2.06 bits per heavy atom. The van der Waals surface area contributed by atoms with Gasteiger partial charge in [0.05, 0.1) is 0 Å². The maximum absolute atomic E-state index is 13.2. The molecule has 0 aliphatic carbocycles. The van der Waals surface area contributed by atoms with Gasteiger partial charge in [0, 0.05) is 12.5 Å². The van der Waals surface area contributed by atoms with Gasteiger partial charge < -0.3 is 0 Å². The van der Waals surface area contributed by atoms with Gasteiger partial charge in [-0.15, -0.1) is 0 Å². The lowest BCUT2D eigenvalue weighted by molar-refractivity contribution is -0.122. The third-order valence-electron chi connectivity index (χ3n) is 3.87. The van der Waals surface area contributed by atoms with Crippen LogP contribution in [0, 0.1) is 18.7 Å². The minimum atomic E-state index is -0.172. The first-order valence-electron chi connectivity index (χ1n) is 6.54. The molecule has 1 saturated heterocycles. The van der Waals surface area contributed by atoms with Crippen LogP contribution < -0.4 is 0 Å². The van der Waals surface area contributed by atoms with Crippen LogP contribution in [-0.2, 0) is 11.3 Å². The fourth-order valence-corrected chi connectivity index (χ4v) is 2.55. The van der Waals surface area contributed by atoms with Gasteiger partial charge in [0.25, 0.3) is 0 Å². The first kappa shape index (κ1) is 13.2. The van der Waals surface area contributed by atoms with Crippen LogP contribution in [0.4, 0.5) is 4.39 Å². The van der Waals surface area contributed by atoms with Gasteiger partial charge in [0.2, 0.25) is 0 Å². The molecule has 0 aromatic heterocycles. The average Bonchev–Trinajstić information content (AvgIpc) is 2.34. The van der Waals surface area contributed by atoms with Gasteiger partial charge in [-0.25, -0.2) is 4.39 Å². The van der Waals surface area contributed by atoms with Crippen LogP contribution in [0.2, 0.25) is 0 Å². The Hall–Kier alpha value is -1.22. The maximum Gasteiger partial charge on any atom is 0.133 e. The highest BCUT2D eigenvalue weighted by atomic mass is 19.1. The lowest BCUT2D eigenvalue weighted by Gasteiger charge is -2.31. The summed E-state index contributed by atoms with van der Waals surface area (Å²) in [5.41, 5.74) is 2.18. The lowest BCUT2D eigenvalue weighted by atomic mass is 9.93. The predicted octanol–water partition coefficient (Wildman–Crippen LogP) is 2.94. The number of halogens is 1. The number of piperidine rings is 1. The molecular formula is C15H20FNO. The van der Waals surface area contributed by atoms with Crippen molar-refractivity contribution in [1.82, 2.24) is 4.90 Å². The first-order valence-corrected chi connectivity index (χ1v) is 6.54. The number of aryl methyl sites for hydroxylation is 1. The summed E-state index contributed by atoms with van der Waals surface area (Å²) in [6.07, 6.45) is 1.87. The van der Waals surface area contributed by atoms with E-state index in [1.54, 1.807) is 13.0 Å². The second kappa shape index (κ2) is 5.61. The highest BCUT2D eigenvalue weighted by Crippen LogP contribution is 2.21. The Kier molecular flexibility index (Phi) is 4.12.